The van der Waals surface area contributed by atoms with Crippen molar-refractivity contribution in [2.75, 3.05) is 19.7 Å². The van der Waals surface area contributed by atoms with Gasteiger partial charge < -0.3 is 9.84 Å². The molecule has 0 aliphatic carbocycles. The van der Waals surface area contributed by atoms with E-state index in [1.165, 1.54) is 18.2 Å². The predicted molar refractivity (Wildman–Crippen MR) is 102 cm³/mol. The van der Waals surface area contributed by atoms with Crippen molar-refractivity contribution in [1.29, 1.82) is 5.26 Å². The van der Waals surface area contributed by atoms with Crippen LogP contribution in [-0.2, 0) is 14.8 Å². The Morgan fingerprint density at radius 1 is 1.21 bits per heavy atom. The SMILES string of the molecule is N#Cc1ccc(OCC2(C(=O)O)CN(S(=O)(=O)c3ccc(Cl)cc3Cl)C2)cc1. The second-order valence-electron chi connectivity index (χ2n) is 6.36. The quantitative estimate of drug-likeness (QED) is 0.739. The van der Waals surface area contributed by atoms with Crippen LogP contribution in [0.5, 0.6) is 5.75 Å². The molecule has 1 N–H and O–H groups in total. The standard InChI is InChI=1S/C18H14Cl2N2O5S/c19-13-3-6-16(15(20)7-13)28(25,26)22-9-18(10-22,17(23)24)11-27-14-4-1-12(8-21)2-5-14/h1-7H,9-11H2,(H,23,24). The molecule has 0 amide bonds. The van der Waals surface area contributed by atoms with Gasteiger partial charge in [0.25, 0.3) is 0 Å². The Kier molecular flexibility index (Phi) is 5.55. The van der Waals surface area contributed by atoms with Gasteiger partial charge in [-0.05, 0) is 42.5 Å². The van der Waals surface area contributed by atoms with Crippen molar-refractivity contribution in [2.45, 2.75) is 4.90 Å². The maximum atomic E-state index is 12.7. The lowest BCUT2D eigenvalue weighted by molar-refractivity contribution is -0.159. The first-order valence-electron chi connectivity index (χ1n) is 7.99. The monoisotopic (exact) mass is 440 g/mol. The molecule has 0 unspecified atom stereocenters. The van der Waals surface area contributed by atoms with E-state index in [-0.39, 0.29) is 29.6 Å². The lowest BCUT2D eigenvalue weighted by Crippen LogP contribution is -2.64. The number of hydrogen-bond donors (Lipinski definition) is 1. The number of hydrogen-bond acceptors (Lipinski definition) is 5. The van der Waals surface area contributed by atoms with E-state index in [9.17, 15) is 18.3 Å². The minimum atomic E-state index is -3.96. The summed E-state index contributed by atoms with van der Waals surface area (Å²) in [5, 5.41) is 18.7. The van der Waals surface area contributed by atoms with Gasteiger partial charge in [-0.15, -0.1) is 0 Å². The molecule has 2 aromatic carbocycles. The summed E-state index contributed by atoms with van der Waals surface area (Å²) in [5.41, 5.74) is -0.930. The van der Waals surface area contributed by atoms with Crippen molar-refractivity contribution in [2.24, 2.45) is 5.41 Å². The molecule has 1 aliphatic rings. The minimum absolute atomic E-state index is 0.0332. The molecular weight excluding hydrogens is 427 g/mol. The van der Waals surface area contributed by atoms with E-state index in [2.05, 4.69) is 0 Å². The van der Waals surface area contributed by atoms with Gasteiger partial charge in [0.1, 0.15) is 22.7 Å². The summed E-state index contributed by atoms with van der Waals surface area (Å²) in [4.78, 5) is 11.6. The van der Waals surface area contributed by atoms with Crippen LogP contribution in [0.15, 0.2) is 47.4 Å². The Morgan fingerprint density at radius 2 is 1.86 bits per heavy atom. The van der Waals surface area contributed by atoms with E-state index in [0.29, 0.717) is 16.3 Å². The number of carboxylic acid groups (broad SMARTS) is 1. The van der Waals surface area contributed by atoms with Gasteiger partial charge in [0, 0.05) is 18.1 Å². The first-order valence-corrected chi connectivity index (χ1v) is 10.2. The van der Waals surface area contributed by atoms with E-state index in [1.807, 2.05) is 6.07 Å². The van der Waals surface area contributed by atoms with Crippen molar-refractivity contribution < 1.29 is 23.1 Å². The largest absolute Gasteiger partial charge is 0.492 e. The third-order valence-electron chi connectivity index (χ3n) is 4.42. The first kappa shape index (κ1) is 20.4. The van der Waals surface area contributed by atoms with E-state index in [1.54, 1.807) is 24.3 Å². The molecule has 0 bridgehead atoms. The van der Waals surface area contributed by atoms with Gasteiger partial charge in [0.2, 0.25) is 10.0 Å². The number of rotatable bonds is 6. The van der Waals surface area contributed by atoms with Gasteiger partial charge in [0.15, 0.2) is 0 Å². The van der Waals surface area contributed by atoms with Crippen molar-refractivity contribution in [3.05, 3.63) is 58.1 Å². The van der Waals surface area contributed by atoms with E-state index >= 15 is 0 Å². The molecule has 1 heterocycles. The lowest BCUT2D eigenvalue weighted by atomic mass is 9.83. The molecule has 1 fully saturated rings. The van der Waals surface area contributed by atoms with Crippen molar-refractivity contribution >= 4 is 39.2 Å². The normalized spacial score (nSPS) is 16.0. The maximum Gasteiger partial charge on any atom is 0.315 e. The second-order valence-corrected chi connectivity index (χ2v) is 9.11. The zero-order chi connectivity index (χ0) is 20.5. The van der Waals surface area contributed by atoms with Crippen LogP contribution in [0.1, 0.15) is 5.56 Å². The highest BCUT2D eigenvalue weighted by molar-refractivity contribution is 7.89. The molecule has 146 valence electrons. The summed E-state index contributed by atoms with van der Waals surface area (Å²) in [6.45, 7) is -0.714. The fourth-order valence-electron chi connectivity index (χ4n) is 2.76. The zero-order valence-electron chi connectivity index (χ0n) is 14.3. The van der Waals surface area contributed by atoms with Crippen LogP contribution in [-0.4, -0.2) is 43.5 Å². The molecule has 2 aromatic rings. The Labute approximate surface area is 171 Å². The van der Waals surface area contributed by atoms with Crippen molar-refractivity contribution in [1.82, 2.24) is 4.31 Å². The summed E-state index contributed by atoms with van der Waals surface area (Å²) in [5.74, 6) is -0.767. The van der Waals surface area contributed by atoms with Gasteiger partial charge in [-0.25, -0.2) is 8.42 Å². The number of aliphatic carboxylic acids is 1. The average molecular weight is 441 g/mol. The van der Waals surface area contributed by atoms with Crippen LogP contribution in [0.4, 0.5) is 0 Å². The summed E-state index contributed by atoms with van der Waals surface area (Å²) in [7, 11) is -3.96. The van der Waals surface area contributed by atoms with Crippen LogP contribution in [0.3, 0.4) is 0 Å². The number of halogens is 2. The van der Waals surface area contributed by atoms with E-state index in [0.717, 1.165) is 4.31 Å². The fourth-order valence-corrected chi connectivity index (χ4v) is 5.12. The number of carbonyl (C=O) groups is 1. The molecule has 0 atom stereocenters. The summed E-state index contributed by atoms with van der Waals surface area (Å²) in [6, 6.07) is 12.2. The molecule has 0 spiro atoms. The predicted octanol–water partition coefficient (Wildman–Crippen LogP) is 3.02. The first-order chi connectivity index (χ1) is 13.2. The molecule has 0 radical (unpaired) electrons. The van der Waals surface area contributed by atoms with Crippen LogP contribution in [0.2, 0.25) is 10.0 Å². The number of sulfonamides is 1. The summed E-state index contributed by atoms with van der Waals surface area (Å²) < 4.78 is 32.0. The number of benzene rings is 2. The Balaban J connectivity index is 1.73. The molecule has 1 aliphatic heterocycles. The smallest absolute Gasteiger partial charge is 0.315 e. The third kappa shape index (κ3) is 3.80. The van der Waals surface area contributed by atoms with Crippen LogP contribution < -0.4 is 4.74 Å². The molecule has 0 saturated carbocycles. The summed E-state index contributed by atoms with van der Waals surface area (Å²) >= 11 is 11.8. The highest BCUT2D eigenvalue weighted by atomic mass is 35.5. The average Bonchev–Trinajstić information content (AvgIpc) is 2.60. The summed E-state index contributed by atoms with van der Waals surface area (Å²) in [6.07, 6.45) is 0. The highest BCUT2D eigenvalue weighted by Gasteiger charge is 2.55. The molecular formula is C18H14Cl2N2O5S. The molecule has 0 aromatic heterocycles. The minimum Gasteiger partial charge on any atom is -0.492 e. The number of carboxylic acids is 1. The van der Waals surface area contributed by atoms with E-state index < -0.39 is 21.4 Å². The molecule has 7 nitrogen and oxygen atoms in total. The lowest BCUT2D eigenvalue weighted by Gasteiger charge is -2.45. The third-order valence-corrected chi connectivity index (χ3v) is 6.93. The molecule has 1 saturated heterocycles. The van der Waals surface area contributed by atoms with Crippen LogP contribution in [0.25, 0.3) is 0 Å². The van der Waals surface area contributed by atoms with Gasteiger partial charge in [-0.2, -0.15) is 9.57 Å². The second kappa shape index (κ2) is 7.60. The zero-order valence-corrected chi connectivity index (χ0v) is 16.6. The Bertz CT molecular complexity index is 1060. The molecule has 28 heavy (non-hydrogen) atoms. The van der Waals surface area contributed by atoms with Crippen molar-refractivity contribution in [3.8, 4) is 11.8 Å². The molecule has 10 heteroatoms. The number of nitriles is 1. The van der Waals surface area contributed by atoms with Gasteiger partial charge in [-0.1, -0.05) is 23.2 Å². The molecule has 3 rings (SSSR count). The fraction of sp³-hybridized carbons (Fsp3) is 0.222. The van der Waals surface area contributed by atoms with Crippen molar-refractivity contribution in [3.63, 3.8) is 0 Å². The van der Waals surface area contributed by atoms with Gasteiger partial charge in [0.05, 0.1) is 16.7 Å². The van der Waals surface area contributed by atoms with Crippen LogP contribution in [0, 0.1) is 16.7 Å². The van der Waals surface area contributed by atoms with Gasteiger partial charge >= 0.3 is 5.97 Å². The number of ether oxygens (including phenoxy) is 1. The van der Waals surface area contributed by atoms with Gasteiger partial charge in [-0.3, -0.25) is 4.79 Å². The van der Waals surface area contributed by atoms with E-state index in [4.69, 9.17) is 33.2 Å². The number of nitrogens with zero attached hydrogens (tertiary/aromatic N) is 2. The maximum absolute atomic E-state index is 12.7. The Morgan fingerprint density at radius 3 is 2.39 bits per heavy atom. The van der Waals surface area contributed by atoms with Crippen LogP contribution >= 0.6 is 23.2 Å². The topological polar surface area (TPSA) is 108 Å². The Hall–Kier alpha value is -2.31. The highest BCUT2D eigenvalue weighted by Crippen LogP contribution is 2.38.